The molecule has 0 atom stereocenters. The Labute approximate surface area is 116 Å². The molecule has 0 aliphatic carbocycles. The van der Waals surface area contributed by atoms with Gasteiger partial charge in [-0.25, -0.2) is 9.97 Å². The first kappa shape index (κ1) is 16.7. The van der Waals surface area contributed by atoms with Crippen LogP contribution in [0.25, 0.3) is 0 Å². The Hall–Kier alpha value is -1.37. The van der Waals surface area contributed by atoms with Crippen molar-refractivity contribution in [3.63, 3.8) is 0 Å². The molecule has 7 heteroatoms. The maximum absolute atomic E-state index is 12.1. The summed E-state index contributed by atoms with van der Waals surface area (Å²) in [6.45, 7) is 6.61. The molecular formula is C13H20F3N3O. The second-order valence-electron chi connectivity index (χ2n) is 4.69. The summed E-state index contributed by atoms with van der Waals surface area (Å²) < 4.78 is 41.5. The van der Waals surface area contributed by atoms with Crippen molar-refractivity contribution in [2.24, 2.45) is 0 Å². The third-order valence-corrected chi connectivity index (χ3v) is 2.55. The summed E-state index contributed by atoms with van der Waals surface area (Å²) in [7, 11) is 0. The van der Waals surface area contributed by atoms with Gasteiger partial charge in [-0.3, -0.25) is 0 Å². The second-order valence-corrected chi connectivity index (χ2v) is 4.69. The second kappa shape index (κ2) is 7.42. The van der Waals surface area contributed by atoms with Gasteiger partial charge < -0.3 is 10.1 Å². The van der Waals surface area contributed by atoms with Crippen LogP contribution in [-0.2, 0) is 6.54 Å². The van der Waals surface area contributed by atoms with Gasteiger partial charge in [0.2, 0.25) is 0 Å². The SMILES string of the molecule is CCNCc1nc(C(C)C)ncc1OCCC(F)(F)F. The summed E-state index contributed by atoms with van der Waals surface area (Å²) in [5.41, 5.74) is 0.590. The van der Waals surface area contributed by atoms with Crippen LogP contribution in [0.3, 0.4) is 0 Å². The molecule has 0 spiro atoms. The van der Waals surface area contributed by atoms with Gasteiger partial charge >= 0.3 is 6.18 Å². The summed E-state index contributed by atoms with van der Waals surface area (Å²) in [6.07, 6.45) is -3.76. The lowest BCUT2D eigenvalue weighted by molar-refractivity contribution is -0.139. The highest BCUT2D eigenvalue weighted by Crippen LogP contribution is 2.22. The van der Waals surface area contributed by atoms with Crippen LogP contribution in [0.1, 0.15) is 44.6 Å². The third-order valence-electron chi connectivity index (χ3n) is 2.55. The lowest BCUT2D eigenvalue weighted by atomic mass is 10.2. The molecule has 1 aromatic heterocycles. The summed E-state index contributed by atoms with van der Waals surface area (Å²) >= 11 is 0. The van der Waals surface area contributed by atoms with E-state index < -0.39 is 19.2 Å². The zero-order valence-corrected chi connectivity index (χ0v) is 11.9. The third kappa shape index (κ3) is 5.73. The Morgan fingerprint density at radius 2 is 2.05 bits per heavy atom. The van der Waals surface area contributed by atoms with E-state index >= 15 is 0 Å². The van der Waals surface area contributed by atoms with Gasteiger partial charge in [-0.1, -0.05) is 20.8 Å². The average Bonchev–Trinajstić information content (AvgIpc) is 2.35. The van der Waals surface area contributed by atoms with Crippen molar-refractivity contribution < 1.29 is 17.9 Å². The quantitative estimate of drug-likeness (QED) is 0.839. The molecule has 0 unspecified atom stereocenters. The number of ether oxygens (including phenoxy) is 1. The van der Waals surface area contributed by atoms with E-state index in [1.165, 1.54) is 6.20 Å². The molecule has 0 aliphatic heterocycles. The molecule has 0 saturated heterocycles. The molecule has 1 N–H and O–H groups in total. The number of halogens is 3. The van der Waals surface area contributed by atoms with Crippen molar-refractivity contribution in [3.05, 3.63) is 17.7 Å². The standard InChI is InChI=1S/C13H20F3N3O/c1-4-17-7-10-11(20-6-5-13(14,15)16)8-18-12(19-10)9(2)3/h8-9,17H,4-7H2,1-3H3. The van der Waals surface area contributed by atoms with Crippen molar-refractivity contribution in [2.75, 3.05) is 13.2 Å². The fourth-order valence-corrected chi connectivity index (χ4v) is 1.47. The van der Waals surface area contributed by atoms with Crippen LogP contribution in [0.5, 0.6) is 5.75 Å². The summed E-state index contributed by atoms with van der Waals surface area (Å²) in [5, 5.41) is 3.09. The monoisotopic (exact) mass is 291 g/mol. The van der Waals surface area contributed by atoms with Crippen LogP contribution in [0.4, 0.5) is 13.2 Å². The Morgan fingerprint density at radius 1 is 1.35 bits per heavy atom. The molecule has 0 aromatic carbocycles. The van der Waals surface area contributed by atoms with Crippen LogP contribution in [0.2, 0.25) is 0 Å². The van der Waals surface area contributed by atoms with E-state index in [1.807, 2.05) is 20.8 Å². The number of alkyl halides is 3. The number of rotatable bonds is 7. The van der Waals surface area contributed by atoms with Gasteiger partial charge in [0, 0.05) is 12.5 Å². The van der Waals surface area contributed by atoms with E-state index in [1.54, 1.807) is 0 Å². The normalized spacial score (nSPS) is 11.9. The van der Waals surface area contributed by atoms with Gasteiger partial charge in [0.25, 0.3) is 0 Å². The number of nitrogens with zero attached hydrogens (tertiary/aromatic N) is 2. The lowest BCUT2D eigenvalue weighted by Gasteiger charge is -2.14. The largest absolute Gasteiger partial charge is 0.490 e. The van der Waals surface area contributed by atoms with Crippen LogP contribution < -0.4 is 10.1 Å². The molecule has 4 nitrogen and oxygen atoms in total. The molecule has 0 fully saturated rings. The zero-order chi connectivity index (χ0) is 15.2. The highest BCUT2D eigenvalue weighted by Gasteiger charge is 2.27. The molecule has 0 amide bonds. The predicted molar refractivity (Wildman–Crippen MR) is 69.7 cm³/mol. The Bertz CT molecular complexity index is 422. The van der Waals surface area contributed by atoms with E-state index in [2.05, 4.69) is 15.3 Å². The first-order valence-corrected chi connectivity index (χ1v) is 6.59. The van der Waals surface area contributed by atoms with Crippen molar-refractivity contribution in [2.45, 2.75) is 45.8 Å². The minimum Gasteiger partial charge on any atom is -0.490 e. The molecular weight excluding hydrogens is 271 g/mol. The minimum atomic E-state index is -4.22. The van der Waals surface area contributed by atoms with E-state index in [-0.39, 0.29) is 5.92 Å². The van der Waals surface area contributed by atoms with Crippen LogP contribution in [-0.4, -0.2) is 29.3 Å². The van der Waals surface area contributed by atoms with Crippen molar-refractivity contribution >= 4 is 0 Å². The fraction of sp³-hybridized carbons (Fsp3) is 0.692. The Balaban J connectivity index is 2.77. The minimum absolute atomic E-state index is 0.152. The molecule has 0 saturated carbocycles. The van der Waals surface area contributed by atoms with E-state index in [9.17, 15) is 13.2 Å². The number of hydrogen-bond acceptors (Lipinski definition) is 4. The molecule has 114 valence electrons. The zero-order valence-electron chi connectivity index (χ0n) is 11.9. The number of nitrogens with one attached hydrogen (secondary N) is 1. The van der Waals surface area contributed by atoms with Gasteiger partial charge in [-0.05, 0) is 6.54 Å². The molecule has 0 radical (unpaired) electrons. The van der Waals surface area contributed by atoms with Gasteiger partial charge in [0.1, 0.15) is 5.82 Å². The number of aromatic nitrogens is 2. The molecule has 1 aromatic rings. The highest BCUT2D eigenvalue weighted by molar-refractivity contribution is 5.25. The predicted octanol–water partition coefficient (Wildman–Crippen LogP) is 3.04. The first-order chi connectivity index (χ1) is 9.33. The Kier molecular flexibility index (Phi) is 6.19. The molecule has 0 bridgehead atoms. The maximum Gasteiger partial charge on any atom is 0.392 e. The van der Waals surface area contributed by atoms with E-state index in [0.29, 0.717) is 23.8 Å². The van der Waals surface area contributed by atoms with E-state index in [4.69, 9.17) is 4.74 Å². The summed E-state index contributed by atoms with van der Waals surface area (Å²) in [6, 6.07) is 0. The van der Waals surface area contributed by atoms with Gasteiger partial charge in [0.15, 0.2) is 5.75 Å². The smallest absolute Gasteiger partial charge is 0.392 e. The van der Waals surface area contributed by atoms with Crippen molar-refractivity contribution in [1.82, 2.24) is 15.3 Å². The van der Waals surface area contributed by atoms with Gasteiger partial charge in [0.05, 0.1) is 24.9 Å². The topological polar surface area (TPSA) is 47.0 Å². The van der Waals surface area contributed by atoms with Crippen LogP contribution in [0.15, 0.2) is 6.20 Å². The average molecular weight is 291 g/mol. The van der Waals surface area contributed by atoms with E-state index in [0.717, 1.165) is 6.54 Å². The number of hydrogen-bond donors (Lipinski definition) is 1. The van der Waals surface area contributed by atoms with Crippen molar-refractivity contribution in [1.29, 1.82) is 0 Å². The maximum atomic E-state index is 12.1. The fourth-order valence-electron chi connectivity index (χ4n) is 1.47. The van der Waals surface area contributed by atoms with Crippen molar-refractivity contribution in [3.8, 4) is 5.75 Å². The Morgan fingerprint density at radius 3 is 2.60 bits per heavy atom. The van der Waals surface area contributed by atoms with Crippen LogP contribution in [0, 0.1) is 0 Å². The van der Waals surface area contributed by atoms with Gasteiger partial charge in [-0.2, -0.15) is 13.2 Å². The van der Waals surface area contributed by atoms with Gasteiger partial charge in [-0.15, -0.1) is 0 Å². The molecule has 1 heterocycles. The molecule has 1 rings (SSSR count). The highest BCUT2D eigenvalue weighted by atomic mass is 19.4. The molecule has 0 aliphatic rings. The van der Waals surface area contributed by atoms with Crippen LogP contribution >= 0.6 is 0 Å². The first-order valence-electron chi connectivity index (χ1n) is 6.59. The lowest BCUT2D eigenvalue weighted by Crippen LogP contribution is -2.18. The summed E-state index contributed by atoms with van der Waals surface area (Å²) in [5.74, 6) is 1.11. The summed E-state index contributed by atoms with van der Waals surface area (Å²) in [4.78, 5) is 8.46. The molecule has 20 heavy (non-hydrogen) atoms.